The van der Waals surface area contributed by atoms with Crippen LogP contribution in [0, 0.1) is 0 Å². The highest BCUT2D eigenvalue weighted by Crippen LogP contribution is 2.30. The summed E-state index contributed by atoms with van der Waals surface area (Å²) in [7, 11) is 0. The maximum atomic E-state index is 13.3. The number of hydrogen-bond acceptors (Lipinski definition) is 13. The number of nitrogens with one attached hydrogen (secondary N) is 1. The maximum absolute atomic E-state index is 13.3. The zero-order chi connectivity index (χ0) is 63.8. The molecule has 2 aliphatic heterocycles. The van der Waals surface area contributed by atoms with E-state index in [4.69, 9.17) is 18.9 Å². The molecule has 2 fully saturated rings. The molecule has 0 aromatic carbocycles. The third-order valence-electron chi connectivity index (χ3n) is 17.7. The Kier molecular flexibility index (Phi) is 54.4. The van der Waals surface area contributed by atoms with Gasteiger partial charge in [0.25, 0.3) is 0 Å². The highest BCUT2D eigenvalue weighted by atomic mass is 16.7. The first kappa shape index (κ1) is 81.8. The maximum Gasteiger partial charge on any atom is 0.220 e. The van der Waals surface area contributed by atoms with E-state index in [1.807, 2.05) is 6.08 Å². The first-order valence-electron chi connectivity index (χ1n) is 36.5. The van der Waals surface area contributed by atoms with Gasteiger partial charge in [-0.3, -0.25) is 4.79 Å². The SMILES string of the molecule is CCCCCCC/C=C\C/C=C\C/C=C\CCCCCCCCCCCCCCCCCCCCCCCCC(=O)NC(COC1OC(CO)C(OC2OC(CO)C(O)C(O)C2O)C(O)C1O)C(O)/C=C/CC/C=C/CCCCCCCCCCCCC. The molecule has 88 heavy (non-hydrogen) atoms. The van der Waals surface area contributed by atoms with E-state index in [0.29, 0.717) is 12.8 Å². The van der Waals surface area contributed by atoms with E-state index in [1.165, 1.54) is 231 Å². The summed E-state index contributed by atoms with van der Waals surface area (Å²) in [5.74, 6) is -0.245. The topological polar surface area (TPSA) is 228 Å². The number of aliphatic hydroxyl groups is 8. The molecular formula is C74H135NO13. The van der Waals surface area contributed by atoms with E-state index >= 15 is 0 Å². The van der Waals surface area contributed by atoms with Crippen LogP contribution in [-0.2, 0) is 23.7 Å². The number of aliphatic hydroxyl groups excluding tert-OH is 8. The Balaban J connectivity index is 1.60. The highest BCUT2D eigenvalue weighted by Gasteiger charge is 2.51. The van der Waals surface area contributed by atoms with Crippen molar-refractivity contribution in [3.63, 3.8) is 0 Å². The molecule has 0 aliphatic carbocycles. The minimum absolute atomic E-state index is 0.245. The van der Waals surface area contributed by atoms with E-state index in [0.717, 1.165) is 44.9 Å². The van der Waals surface area contributed by atoms with Gasteiger partial charge in [0.2, 0.25) is 5.91 Å². The molecule has 2 saturated heterocycles. The summed E-state index contributed by atoms with van der Waals surface area (Å²) in [5.41, 5.74) is 0. The second-order valence-corrected chi connectivity index (χ2v) is 25.7. The van der Waals surface area contributed by atoms with Crippen molar-refractivity contribution in [2.75, 3.05) is 19.8 Å². The van der Waals surface area contributed by atoms with Crippen molar-refractivity contribution in [2.24, 2.45) is 0 Å². The molecule has 514 valence electrons. The molecule has 0 aromatic heterocycles. The van der Waals surface area contributed by atoms with E-state index in [2.05, 4.69) is 67.8 Å². The zero-order valence-electron chi connectivity index (χ0n) is 56.0. The van der Waals surface area contributed by atoms with E-state index in [1.54, 1.807) is 6.08 Å². The number of allylic oxidation sites excluding steroid dienone is 9. The fourth-order valence-corrected chi connectivity index (χ4v) is 11.8. The first-order chi connectivity index (χ1) is 43.1. The number of ether oxygens (including phenoxy) is 4. The highest BCUT2D eigenvalue weighted by molar-refractivity contribution is 5.76. The van der Waals surface area contributed by atoms with E-state index in [-0.39, 0.29) is 18.9 Å². The summed E-state index contributed by atoms with van der Waals surface area (Å²) in [6, 6.07) is -0.932. The van der Waals surface area contributed by atoms with Crippen molar-refractivity contribution in [3.05, 3.63) is 60.8 Å². The molecule has 0 spiro atoms. The zero-order valence-corrected chi connectivity index (χ0v) is 56.0. The minimum Gasteiger partial charge on any atom is -0.394 e. The van der Waals surface area contributed by atoms with Gasteiger partial charge in [-0.25, -0.2) is 0 Å². The number of unbranched alkanes of at least 4 members (excludes halogenated alkanes) is 39. The van der Waals surface area contributed by atoms with Gasteiger partial charge in [-0.2, -0.15) is 0 Å². The molecule has 0 bridgehead atoms. The van der Waals surface area contributed by atoms with Crippen molar-refractivity contribution >= 4 is 5.91 Å². The van der Waals surface area contributed by atoms with Crippen molar-refractivity contribution in [3.8, 4) is 0 Å². The summed E-state index contributed by atoms with van der Waals surface area (Å²) >= 11 is 0. The van der Waals surface area contributed by atoms with Crippen LogP contribution in [-0.4, -0.2) is 140 Å². The molecule has 0 saturated carbocycles. The van der Waals surface area contributed by atoms with E-state index in [9.17, 15) is 45.6 Å². The van der Waals surface area contributed by atoms with Gasteiger partial charge < -0.3 is 65.1 Å². The van der Waals surface area contributed by atoms with Gasteiger partial charge in [0.1, 0.15) is 48.8 Å². The third kappa shape index (κ3) is 42.0. The van der Waals surface area contributed by atoms with Gasteiger partial charge in [-0.05, 0) is 70.6 Å². The van der Waals surface area contributed by atoms with Crippen LogP contribution in [0.2, 0.25) is 0 Å². The standard InChI is InChI=1S/C74H135NO13/c1-3-5-7-9-11-13-15-17-19-21-22-23-24-25-26-27-28-29-30-31-32-33-34-35-36-37-38-39-40-42-44-46-48-50-52-54-56-58-66(79)75-62(63(78)57-55-53-51-49-47-45-43-41-20-18-16-14-12-10-8-6-4-2)61-85-73-71(84)69(82)72(65(60-77)87-73)88-74-70(83)68(81)67(80)64(59-76)86-74/h15,17,21-22,24-25,47,49,55,57,62-65,67-74,76-78,80-84H,3-14,16,18-20,23,26-46,48,50-54,56,58-61H2,1-2H3,(H,75,79)/b17-15-,22-21-,25-24-,49-47+,57-55+. The summed E-state index contributed by atoms with van der Waals surface area (Å²) in [4.78, 5) is 13.3. The molecular weight excluding hydrogens is 1110 g/mol. The number of amides is 1. The van der Waals surface area contributed by atoms with Crippen LogP contribution in [0.25, 0.3) is 0 Å². The smallest absolute Gasteiger partial charge is 0.220 e. The average Bonchev–Trinajstić information content (AvgIpc) is 2.07. The van der Waals surface area contributed by atoms with Gasteiger partial charge in [-0.15, -0.1) is 0 Å². The molecule has 2 aliphatic rings. The third-order valence-corrected chi connectivity index (χ3v) is 17.7. The fraction of sp³-hybridized carbons (Fsp3) is 0.851. The number of carbonyl (C=O) groups excluding carboxylic acids is 1. The quantitative estimate of drug-likeness (QED) is 0.0204. The normalized spacial score (nSPS) is 23.5. The Labute approximate surface area is 536 Å². The molecule has 14 heteroatoms. The van der Waals surface area contributed by atoms with Crippen molar-refractivity contribution < 1.29 is 64.6 Å². The Hall–Kier alpha value is -2.31. The summed E-state index contributed by atoms with van der Waals surface area (Å²) < 4.78 is 22.8. The average molecular weight is 1250 g/mol. The van der Waals surface area contributed by atoms with Crippen LogP contribution < -0.4 is 5.32 Å². The van der Waals surface area contributed by atoms with Gasteiger partial charge in [0.05, 0.1) is 32.0 Å². The molecule has 0 radical (unpaired) electrons. The Bertz CT molecular complexity index is 1710. The number of carbonyl (C=O) groups is 1. The second-order valence-electron chi connectivity index (χ2n) is 25.7. The molecule has 12 atom stereocenters. The lowest BCUT2D eigenvalue weighted by atomic mass is 9.97. The number of rotatable bonds is 60. The lowest BCUT2D eigenvalue weighted by molar-refractivity contribution is -0.359. The Morgan fingerprint density at radius 3 is 1.19 bits per heavy atom. The van der Waals surface area contributed by atoms with Gasteiger partial charge in [-0.1, -0.05) is 293 Å². The molecule has 9 N–H and O–H groups in total. The predicted molar refractivity (Wildman–Crippen MR) is 360 cm³/mol. The molecule has 2 heterocycles. The van der Waals surface area contributed by atoms with Crippen LogP contribution in [0.15, 0.2) is 60.8 Å². The second kappa shape index (κ2) is 58.5. The van der Waals surface area contributed by atoms with Gasteiger partial charge in [0, 0.05) is 6.42 Å². The van der Waals surface area contributed by atoms with Crippen LogP contribution in [0.3, 0.4) is 0 Å². The minimum atomic E-state index is -1.79. The van der Waals surface area contributed by atoms with Crippen molar-refractivity contribution in [2.45, 2.75) is 383 Å². The lowest BCUT2D eigenvalue weighted by Gasteiger charge is -2.46. The van der Waals surface area contributed by atoms with Crippen molar-refractivity contribution in [1.82, 2.24) is 5.32 Å². The molecule has 0 aromatic rings. The monoisotopic (exact) mass is 1250 g/mol. The Morgan fingerprint density at radius 2 is 0.761 bits per heavy atom. The van der Waals surface area contributed by atoms with Crippen LogP contribution in [0.5, 0.6) is 0 Å². The summed E-state index contributed by atoms with van der Waals surface area (Å²) in [5, 5.41) is 87.3. The molecule has 2 rings (SSSR count). The predicted octanol–water partition coefficient (Wildman–Crippen LogP) is 15.2. The van der Waals surface area contributed by atoms with Crippen molar-refractivity contribution in [1.29, 1.82) is 0 Å². The molecule has 1 amide bonds. The summed E-state index contributed by atoms with van der Waals surface area (Å²) in [6.45, 7) is 2.80. The van der Waals surface area contributed by atoms with Crippen LogP contribution in [0.1, 0.15) is 309 Å². The Morgan fingerprint density at radius 1 is 0.409 bits per heavy atom. The lowest BCUT2D eigenvalue weighted by Crippen LogP contribution is -2.65. The largest absolute Gasteiger partial charge is 0.394 e. The van der Waals surface area contributed by atoms with Gasteiger partial charge in [0.15, 0.2) is 12.6 Å². The fourth-order valence-electron chi connectivity index (χ4n) is 11.8. The van der Waals surface area contributed by atoms with Crippen LogP contribution in [0.4, 0.5) is 0 Å². The first-order valence-corrected chi connectivity index (χ1v) is 36.5. The van der Waals surface area contributed by atoms with E-state index < -0.39 is 86.8 Å². The number of hydrogen-bond donors (Lipinski definition) is 9. The van der Waals surface area contributed by atoms with Gasteiger partial charge >= 0.3 is 0 Å². The summed E-state index contributed by atoms with van der Waals surface area (Å²) in [6.07, 6.45) is 61.6. The molecule has 12 unspecified atom stereocenters. The van der Waals surface area contributed by atoms with Crippen LogP contribution >= 0.6 is 0 Å². The molecule has 14 nitrogen and oxygen atoms in total.